The van der Waals surface area contributed by atoms with Gasteiger partial charge in [-0.3, -0.25) is 0 Å². The highest BCUT2D eigenvalue weighted by molar-refractivity contribution is 5.37. The van der Waals surface area contributed by atoms with Gasteiger partial charge in [0.2, 0.25) is 0 Å². The van der Waals surface area contributed by atoms with Crippen molar-refractivity contribution in [3.63, 3.8) is 0 Å². The summed E-state index contributed by atoms with van der Waals surface area (Å²) in [6.07, 6.45) is 8.03. The number of pyridine rings is 1. The van der Waals surface area contributed by atoms with E-state index in [0.717, 1.165) is 50.4 Å². The first-order chi connectivity index (χ1) is 9.74. The summed E-state index contributed by atoms with van der Waals surface area (Å²) in [6, 6.07) is 5.82. The normalized spacial score (nSPS) is 18.3. The number of aliphatic hydroxyl groups is 1. The number of nitrogens with zero attached hydrogens (tertiary/aromatic N) is 1. The minimum absolute atomic E-state index is 0.722. The van der Waals surface area contributed by atoms with Crippen molar-refractivity contribution in [3.8, 4) is 0 Å². The van der Waals surface area contributed by atoms with Gasteiger partial charge in [-0.15, -0.1) is 0 Å². The smallest absolute Gasteiger partial charge is 0.126 e. The van der Waals surface area contributed by atoms with E-state index in [2.05, 4.69) is 34.7 Å². The Balaban J connectivity index is 1.97. The third-order valence-electron chi connectivity index (χ3n) is 3.68. The first-order valence-corrected chi connectivity index (χ1v) is 7.54. The van der Waals surface area contributed by atoms with Crippen LogP contribution in [0.5, 0.6) is 0 Å². The molecule has 0 radical (unpaired) electrons. The number of allylic oxidation sites excluding steroid dienone is 1. The minimum Gasteiger partial charge on any atom is -0.383 e. The van der Waals surface area contributed by atoms with Gasteiger partial charge in [-0.2, -0.15) is 0 Å². The number of aromatic nitrogens is 1. The van der Waals surface area contributed by atoms with E-state index in [1.54, 1.807) is 0 Å². The molecular weight excluding hydrogens is 250 g/mol. The van der Waals surface area contributed by atoms with Gasteiger partial charge < -0.3 is 15.7 Å². The monoisotopic (exact) mass is 275 g/mol. The molecule has 0 bridgehead atoms. The van der Waals surface area contributed by atoms with E-state index < -0.39 is 5.60 Å². The summed E-state index contributed by atoms with van der Waals surface area (Å²) in [5.41, 5.74) is 0.00241. The van der Waals surface area contributed by atoms with Gasteiger partial charge in [0.1, 0.15) is 11.4 Å². The molecule has 0 aliphatic carbocycles. The second kappa shape index (κ2) is 7.41. The molecule has 0 aromatic carbocycles. The van der Waals surface area contributed by atoms with Crippen molar-refractivity contribution in [1.29, 1.82) is 0 Å². The van der Waals surface area contributed by atoms with E-state index >= 15 is 0 Å². The molecule has 1 fully saturated rings. The zero-order valence-electron chi connectivity index (χ0n) is 12.2. The fourth-order valence-corrected chi connectivity index (χ4v) is 2.42. The van der Waals surface area contributed by atoms with Crippen molar-refractivity contribution in [3.05, 3.63) is 36.0 Å². The van der Waals surface area contributed by atoms with Crippen LogP contribution in [0.4, 0.5) is 5.82 Å². The van der Waals surface area contributed by atoms with E-state index in [-0.39, 0.29) is 0 Å². The first kappa shape index (κ1) is 15.0. The SMILES string of the molecule is CCC/C=C/CNc1cccc(C2(O)CCNCC2)n1. The van der Waals surface area contributed by atoms with Crippen molar-refractivity contribution in [2.45, 2.75) is 38.2 Å². The molecule has 2 rings (SSSR count). The predicted octanol–water partition coefficient (Wildman–Crippen LogP) is 2.42. The highest BCUT2D eigenvalue weighted by Crippen LogP contribution is 2.29. The molecule has 0 spiro atoms. The van der Waals surface area contributed by atoms with Gasteiger partial charge in [0, 0.05) is 6.54 Å². The van der Waals surface area contributed by atoms with Gasteiger partial charge in [0.05, 0.1) is 5.69 Å². The number of unbranched alkanes of at least 4 members (excludes halogenated alkanes) is 1. The van der Waals surface area contributed by atoms with E-state index in [1.807, 2.05) is 18.2 Å². The zero-order chi connectivity index (χ0) is 14.3. The Morgan fingerprint density at radius 1 is 1.35 bits per heavy atom. The van der Waals surface area contributed by atoms with Crippen LogP contribution in [0, 0.1) is 0 Å². The number of rotatable bonds is 6. The van der Waals surface area contributed by atoms with Crippen molar-refractivity contribution in [2.75, 3.05) is 25.0 Å². The molecule has 20 heavy (non-hydrogen) atoms. The highest BCUT2D eigenvalue weighted by Gasteiger charge is 2.32. The third-order valence-corrected chi connectivity index (χ3v) is 3.68. The fourth-order valence-electron chi connectivity index (χ4n) is 2.42. The Morgan fingerprint density at radius 2 is 2.15 bits per heavy atom. The Hall–Kier alpha value is -1.39. The maximum absolute atomic E-state index is 10.7. The van der Waals surface area contributed by atoms with Gasteiger partial charge in [0.15, 0.2) is 0 Å². The topological polar surface area (TPSA) is 57.2 Å². The Bertz CT molecular complexity index is 439. The number of hydrogen-bond donors (Lipinski definition) is 3. The molecule has 1 aromatic heterocycles. The second-order valence-corrected chi connectivity index (χ2v) is 5.33. The quantitative estimate of drug-likeness (QED) is 0.698. The summed E-state index contributed by atoms with van der Waals surface area (Å²) in [6.45, 7) is 4.63. The molecule has 4 heteroatoms. The molecule has 4 nitrogen and oxygen atoms in total. The van der Waals surface area contributed by atoms with E-state index in [4.69, 9.17) is 0 Å². The lowest BCUT2D eigenvalue weighted by Gasteiger charge is -2.32. The third kappa shape index (κ3) is 4.05. The minimum atomic E-state index is -0.777. The van der Waals surface area contributed by atoms with Crippen molar-refractivity contribution in [2.24, 2.45) is 0 Å². The molecule has 110 valence electrons. The van der Waals surface area contributed by atoms with Crippen molar-refractivity contribution < 1.29 is 5.11 Å². The van der Waals surface area contributed by atoms with Gasteiger partial charge >= 0.3 is 0 Å². The van der Waals surface area contributed by atoms with Crippen LogP contribution in [0.3, 0.4) is 0 Å². The molecule has 1 aliphatic rings. The van der Waals surface area contributed by atoms with Gasteiger partial charge in [0.25, 0.3) is 0 Å². The van der Waals surface area contributed by atoms with Crippen molar-refractivity contribution in [1.82, 2.24) is 10.3 Å². The summed E-state index contributed by atoms with van der Waals surface area (Å²) in [5.74, 6) is 0.829. The molecule has 1 aromatic rings. The average Bonchev–Trinajstić information content (AvgIpc) is 2.48. The summed E-state index contributed by atoms with van der Waals surface area (Å²) < 4.78 is 0. The lowest BCUT2D eigenvalue weighted by Crippen LogP contribution is -2.40. The standard InChI is InChI=1S/C16H25N3O/c1-2-3-4-5-11-18-15-8-6-7-14(19-15)16(20)9-12-17-13-10-16/h4-8,17,20H,2-3,9-13H2,1H3,(H,18,19)/b5-4+. The number of hydrogen-bond acceptors (Lipinski definition) is 4. The number of nitrogens with one attached hydrogen (secondary N) is 2. The van der Waals surface area contributed by atoms with E-state index in [0.29, 0.717) is 0 Å². The van der Waals surface area contributed by atoms with Gasteiger partial charge in [-0.25, -0.2) is 4.98 Å². The molecule has 3 N–H and O–H groups in total. The summed E-state index contributed by atoms with van der Waals surface area (Å²) in [5, 5.41) is 17.2. The lowest BCUT2D eigenvalue weighted by atomic mass is 9.89. The lowest BCUT2D eigenvalue weighted by molar-refractivity contribution is 0.00200. The largest absolute Gasteiger partial charge is 0.383 e. The molecular formula is C16H25N3O. The predicted molar refractivity (Wildman–Crippen MR) is 82.8 cm³/mol. The average molecular weight is 275 g/mol. The Labute approximate surface area is 121 Å². The molecule has 0 amide bonds. The highest BCUT2D eigenvalue weighted by atomic mass is 16.3. The van der Waals surface area contributed by atoms with Crippen LogP contribution in [-0.4, -0.2) is 29.7 Å². The van der Waals surface area contributed by atoms with Crippen LogP contribution in [0.1, 0.15) is 38.3 Å². The summed E-state index contributed by atoms with van der Waals surface area (Å²) in [7, 11) is 0. The van der Waals surface area contributed by atoms with Crippen LogP contribution in [-0.2, 0) is 5.60 Å². The van der Waals surface area contributed by atoms with Crippen molar-refractivity contribution >= 4 is 5.82 Å². The van der Waals surface area contributed by atoms with Crippen LogP contribution in [0.25, 0.3) is 0 Å². The summed E-state index contributed by atoms with van der Waals surface area (Å²) in [4.78, 5) is 4.56. The molecule has 0 unspecified atom stereocenters. The molecule has 1 saturated heterocycles. The molecule has 2 heterocycles. The van der Waals surface area contributed by atoms with Crippen LogP contribution in [0.2, 0.25) is 0 Å². The van der Waals surface area contributed by atoms with Gasteiger partial charge in [-0.05, 0) is 44.5 Å². The molecule has 1 aliphatic heterocycles. The Morgan fingerprint density at radius 3 is 2.90 bits per heavy atom. The van der Waals surface area contributed by atoms with Crippen LogP contribution >= 0.6 is 0 Å². The molecule has 0 atom stereocenters. The first-order valence-electron chi connectivity index (χ1n) is 7.54. The maximum atomic E-state index is 10.7. The van der Waals surface area contributed by atoms with Crippen LogP contribution < -0.4 is 10.6 Å². The van der Waals surface area contributed by atoms with E-state index in [9.17, 15) is 5.11 Å². The maximum Gasteiger partial charge on any atom is 0.126 e. The van der Waals surface area contributed by atoms with Gasteiger partial charge in [-0.1, -0.05) is 31.6 Å². The zero-order valence-corrected chi connectivity index (χ0v) is 12.2. The van der Waals surface area contributed by atoms with Crippen LogP contribution in [0.15, 0.2) is 30.4 Å². The summed E-state index contributed by atoms with van der Waals surface area (Å²) >= 11 is 0. The fraction of sp³-hybridized carbons (Fsp3) is 0.562. The molecule has 0 saturated carbocycles. The number of piperidine rings is 1. The Kier molecular flexibility index (Phi) is 5.56. The second-order valence-electron chi connectivity index (χ2n) is 5.33. The number of anilines is 1. The van der Waals surface area contributed by atoms with E-state index in [1.165, 1.54) is 6.42 Å².